The summed E-state index contributed by atoms with van der Waals surface area (Å²) in [6.07, 6.45) is 0. The zero-order valence-corrected chi connectivity index (χ0v) is 14.7. The van der Waals surface area contributed by atoms with Gasteiger partial charge in [-0.25, -0.2) is 0 Å². The summed E-state index contributed by atoms with van der Waals surface area (Å²) in [5.74, 6) is 0. The summed E-state index contributed by atoms with van der Waals surface area (Å²) in [4.78, 5) is 2.27. The first-order chi connectivity index (χ1) is 9.93. The van der Waals surface area contributed by atoms with E-state index in [4.69, 9.17) is 5.73 Å². The molecule has 0 amide bonds. The van der Waals surface area contributed by atoms with Crippen LogP contribution < -0.4 is 10.6 Å². The van der Waals surface area contributed by atoms with Gasteiger partial charge < -0.3 is 10.6 Å². The van der Waals surface area contributed by atoms with Gasteiger partial charge in [-0.1, -0.05) is 45.8 Å². The van der Waals surface area contributed by atoms with Crippen LogP contribution in [0, 0.1) is 20.8 Å². The van der Waals surface area contributed by atoms with Gasteiger partial charge in [0.15, 0.2) is 0 Å². The van der Waals surface area contributed by atoms with Gasteiger partial charge in [-0.3, -0.25) is 0 Å². The maximum atomic E-state index is 6.07. The van der Waals surface area contributed by atoms with Crippen LogP contribution in [0.3, 0.4) is 0 Å². The SMILES string of the molecule is Cc1ccc(N(C)C(CN)c2ccc(C)cc2Br)c(C)c1. The zero-order valence-electron chi connectivity index (χ0n) is 13.2. The van der Waals surface area contributed by atoms with Crippen LogP contribution in [0.2, 0.25) is 0 Å². The molecule has 0 aliphatic carbocycles. The summed E-state index contributed by atoms with van der Waals surface area (Å²) in [5, 5.41) is 0. The highest BCUT2D eigenvalue weighted by Gasteiger charge is 2.19. The molecule has 0 saturated heterocycles. The van der Waals surface area contributed by atoms with Crippen molar-refractivity contribution in [1.82, 2.24) is 0 Å². The van der Waals surface area contributed by atoms with Crippen molar-refractivity contribution in [2.75, 3.05) is 18.5 Å². The molecule has 0 bridgehead atoms. The van der Waals surface area contributed by atoms with Crippen molar-refractivity contribution in [2.45, 2.75) is 26.8 Å². The highest BCUT2D eigenvalue weighted by molar-refractivity contribution is 9.10. The highest BCUT2D eigenvalue weighted by Crippen LogP contribution is 2.32. The molecule has 2 aromatic carbocycles. The lowest BCUT2D eigenvalue weighted by Crippen LogP contribution is -2.31. The second-order valence-corrected chi connectivity index (χ2v) is 6.53. The molecular weight excluding hydrogens is 324 g/mol. The quantitative estimate of drug-likeness (QED) is 0.882. The molecule has 0 aliphatic heterocycles. The molecular formula is C18H23BrN2. The van der Waals surface area contributed by atoms with E-state index in [1.54, 1.807) is 0 Å². The fourth-order valence-corrected chi connectivity index (χ4v) is 3.52. The third-order valence-electron chi connectivity index (χ3n) is 3.94. The van der Waals surface area contributed by atoms with Gasteiger partial charge in [0, 0.05) is 23.8 Å². The minimum absolute atomic E-state index is 0.154. The van der Waals surface area contributed by atoms with E-state index in [9.17, 15) is 0 Å². The number of likely N-dealkylation sites (N-methyl/N-ethyl adjacent to an activating group) is 1. The number of rotatable bonds is 4. The van der Waals surface area contributed by atoms with Crippen LogP contribution in [-0.4, -0.2) is 13.6 Å². The van der Waals surface area contributed by atoms with Crippen LogP contribution in [0.25, 0.3) is 0 Å². The van der Waals surface area contributed by atoms with E-state index in [1.807, 2.05) is 0 Å². The van der Waals surface area contributed by atoms with E-state index in [-0.39, 0.29) is 6.04 Å². The topological polar surface area (TPSA) is 29.3 Å². The van der Waals surface area contributed by atoms with E-state index < -0.39 is 0 Å². The van der Waals surface area contributed by atoms with E-state index in [2.05, 4.69) is 85.0 Å². The summed E-state index contributed by atoms with van der Waals surface area (Å²) in [6, 6.07) is 13.1. The Labute approximate surface area is 136 Å². The second-order valence-electron chi connectivity index (χ2n) is 5.68. The molecule has 2 N–H and O–H groups in total. The van der Waals surface area contributed by atoms with E-state index in [1.165, 1.54) is 27.9 Å². The Hall–Kier alpha value is -1.32. The Morgan fingerprint density at radius 3 is 2.24 bits per heavy atom. The Kier molecular flexibility index (Phi) is 5.07. The van der Waals surface area contributed by atoms with Crippen molar-refractivity contribution in [3.8, 4) is 0 Å². The Morgan fingerprint density at radius 2 is 1.67 bits per heavy atom. The molecule has 0 heterocycles. The van der Waals surface area contributed by atoms with Crippen LogP contribution in [0.4, 0.5) is 5.69 Å². The minimum atomic E-state index is 0.154. The number of nitrogens with zero attached hydrogens (tertiary/aromatic N) is 1. The fourth-order valence-electron chi connectivity index (χ4n) is 2.77. The third kappa shape index (κ3) is 3.47. The average Bonchev–Trinajstić information content (AvgIpc) is 2.41. The number of nitrogens with two attached hydrogens (primary N) is 1. The number of hydrogen-bond acceptors (Lipinski definition) is 2. The molecule has 0 spiro atoms. The summed E-state index contributed by atoms with van der Waals surface area (Å²) in [7, 11) is 2.11. The Balaban J connectivity index is 2.40. The standard InChI is InChI=1S/C18H23BrN2/c1-12-6-8-17(14(3)9-12)21(4)18(11-20)15-7-5-13(2)10-16(15)19/h5-10,18H,11,20H2,1-4H3. The lowest BCUT2D eigenvalue weighted by molar-refractivity contribution is 0.676. The first-order valence-corrected chi connectivity index (χ1v) is 7.99. The van der Waals surface area contributed by atoms with Crippen molar-refractivity contribution in [3.05, 3.63) is 63.1 Å². The van der Waals surface area contributed by atoms with Crippen molar-refractivity contribution in [1.29, 1.82) is 0 Å². The predicted molar refractivity (Wildman–Crippen MR) is 95.0 cm³/mol. The number of aryl methyl sites for hydroxylation is 3. The molecule has 2 nitrogen and oxygen atoms in total. The molecule has 1 atom stereocenters. The Bertz CT molecular complexity index is 637. The van der Waals surface area contributed by atoms with Gasteiger partial charge in [0.05, 0.1) is 6.04 Å². The van der Waals surface area contributed by atoms with E-state index >= 15 is 0 Å². The lowest BCUT2D eigenvalue weighted by atomic mass is 10.0. The molecule has 0 radical (unpaired) electrons. The second kappa shape index (κ2) is 6.63. The van der Waals surface area contributed by atoms with Crippen LogP contribution in [0.1, 0.15) is 28.3 Å². The highest BCUT2D eigenvalue weighted by atomic mass is 79.9. The molecule has 112 valence electrons. The molecule has 0 aromatic heterocycles. The van der Waals surface area contributed by atoms with E-state index in [0.29, 0.717) is 6.54 Å². The third-order valence-corrected chi connectivity index (χ3v) is 4.62. The van der Waals surface area contributed by atoms with Gasteiger partial charge in [-0.2, -0.15) is 0 Å². The molecule has 0 saturated carbocycles. The van der Waals surface area contributed by atoms with Crippen molar-refractivity contribution in [2.24, 2.45) is 5.73 Å². The van der Waals surface area contributed by atoms with Crippen LogP contribution in [0.5, 0.6) is 0 Å². The van der Waals surface area contributed by atoms with Crippen LogP contribution >= 0.6 is 15.9 Å². The molecule has 21 heavy (non-hydrogen) atoms. The normalized spacial score (nSPS) is 12.3. The van der Waals surface area contributed by atoms with E-state index in [0.717, 1.165) is 4.47 Å². The largest absolute Gasteiger partial charge is 0.366 e. The first-order valence-electron chi connectivity index (χ1n) is 7.20. The number of benzene rings is 2. The summed E-state index contributed by atoms with van der Waals surface area (Å²) < 4.78 is 1.12. The lowest BCUT2D eigenvalue weighted by Gasteiger charge is -2.31. The van der Waals surface area contributed by atoms with Crippen molar-refractivity contribution >= 4 is 21.6 Å². The van der Waals surface area contributed by atoms with Gasteiger partial charge >= 0.3 is 0 Å². The molecule has 2 aromatic rings. The van der Waals surface area contributed by atoms with Crippen molar-refractivity contribution < 1.29 is 0 Å². The molecule has 0 fully saturated rings. The van der Waals surface area contributed by atoms with Gasteiger partial charge in [0.25, 0.3) is 0 Å². The number of hydrogen-bond donors (Lipinski definition) is 1. The fraction of sp³-hybridized carbons (Fsp3) is 0.333. The van der Waals surface area contributed by atoms with Gasteiger partial charge in [-0.15, -0.1) is 0 Å². The maximum absolute atomic E-state index is 6.07. The molecule has 0 aliphatic rings. The van der Waals surface area contributed by atoms with Gasteiger partial charge in [-0.05, 0) is 49.6 Å². The average molecular weight is 347 g/mol. The van der Waals surface area contributed by atoms with Gasteiger partial charge in [0.2, 0.25) is 0 Å². The molecule has 2 rings (SSSR count). The first kappa shape index (κ1) is 16.1. The minimum Gasteiger partial charge on any atom is -0.366 e. The number of anilines is 1. The monoisotopic (exact) mass is 346 g/mol. The Morgan fingerprint density at radius 1 is 1.05 bits per heavy atom. The zero-order chi connectivity index (χ0) is 15.6. The van der Waals surface area contributed by atoms with Crippen molar-refractivity contribution in [3.63, 3.8) is 0 Å². The van der Waals surface area contributed by atoms with Crippen LogP contribution in [0.15, 0.2) is 40.9 Å². The smallest absolute Gasteiger partial charge is 0.0672 e. The van der Waals surface area contributed by atoms with Gasteiger partial charge in [0.1, 0.15) is 0 Å². The van der Waals surface area contributed by atoms with Crippen LogP contribution in [-0.2, 0) is 0 Å². The summed E-state index contributed by atoms with van der Waals surface area (Å²) in [5.41, 5.74) is 12.3. The number of halogens is 1. The maximum Gasteiger partial charge on any atom is 0.0672 e. The summed E-state index contributed by atoms with van der Waals surface area (Å²) >= 11 is 3.68. The molecule has 3 heteroatoms. The molecule has 1 unspecified atom stereocenters. The predicted octanol–water partition coefficient (Wildman–Crippen LogP) is 4.51. The summed E-state index contributed by atoms with van der Waals surface area (Å²) in [6.45, 7) is 6.94.